The average molecular weight is 317 g/mol. The number of rotatable bonds is 5. The fourth-order valence-electron chi connectivity index (χ4n) is 1.83. The Balaban J connectivity index is 1.93. The maximum atomic E-state index is 11.8. The molecule has 0 radical (unpaired) electrons. The van der Waals surface area contributed by atoms with Gasteiger partial charge < -0.3 is 4.74 Å². The van der Waals surface area contributed by atoms with Crippen LogP contribution in [0.25, 0.3) is 0 Å². The first-order valence-electron chi connectivity index (χ1n) is 6.61. The van der Waals surface area contributed by atoms with Gasteiger partial charge >= 0.3 is 5.97 Å². The van der Waals surface area contributed by atoms with Gasteiger partial charge in [0.2, 0.25) is 0 Å². The van der Waals surface area contributed by atoms with Crippen LogP contribution in [-0.4, -0.2) is 16.6 Å². The minimum absolute atomic E-state index is 0.00818. The van der Waals surface area contributed by atoms with Crippen LogP contribution in [0.5, 0.6) is 5.75 Å². The predicted molar refractivity (Wildman–Crippen MR) is 85.4 cm³/mol. The van der Waals surface area contributed by atoms with Crippen molar-refractivity contribution in [1.29, 1.82) is 0 Å². The fourth-order valence-corrected chi connectivity index (χ4v) is 2.51. The van der Waals surface area contributed by atoms with Gasteiger partial charge in [-0.25, -0.2) is 0 Å². The maximum absolute atomic E-state index is 11.8. The molecular formula is C16H15NO4S. The highest BCUT2D eigenvalue weighted by Gasteiger charge is 2.12. The van der Waals surface area contributed by atoms with Crippen LogP contribution >= 0.6 is 11.8 Å². The Morgan fingerprint density at radius 3 is 2.45 bits per heavy atom. The van der Waals surface area contributed by atoms with Crippen LogP contribution in [0.2, 0.25) is 0 Å². The number of ether oxygens (including phenoxy) is 1. The summed E-state index contributed by atoms with van der Waals surface area (Å²) in [5.41, 5.74) is 1.63. The standard InChI is InChI=1S/C16H15NO4S/c1-11-3-6-14(7-4-11)22-10-16(18)21-13-5-8-15(17(19)20)12(2)9-13/h3-9H,10H2,1-2H3. The number of nitro benzene ring substituents is 1. The van der Waals surface area contributed by atoms with Crippen LogP contribution in [-0.2, 0) is 4.79 Å². The minimum Gasteiger partial charge on any atom is -0.426 e. The lowest BCUT2D eigenvalue weighted by atomic mass is 10.2. The molecule has 0 heterocycles. The number of thioether (sulfide) groups is 1. The first kappa shape index (κ1) is 16.0. The lowest BCUT2D eigenvalue weighted by molar-refractivity contribution is -0.385. The quantitative estimate of drug-likeness (QED) is 0.275. The van der Waals surface area contributed by atoms with Gasteiger partial charge in [0.25, 0.3) is 5.69 Å². The van der Waals surface area contributed by atoms with E-state index >= 15 is 0 Å². The van der Waals surface area contributed by atoms with Crippen molar-refractivity contribution < 1.29 is 14.5 Å². The highest BCUT2D eigenvalue weighted by atomic mass is 32.2. The Morgan fingerprint density at radius 1 is 1.18 bits per heavy atom. The van der Waals surface area contributed by atoms with E-state index in [-0.39, 0.29) is 17.4 Å². The molecule has 0 aromatic heterocycles. The van der Waals surface area contributed by atoms with Gasteiger partial charge in [-0.1, -0.05) is 17.7 Å². The van der Waals surface area contributed by atoms with Gasteiger partial charge in [-0.3, -0.25) is 14.9 Å². The van der Waals surface area contributed by atoms with Crippen molar-refractivity contribution in [2.24, 2.45) is 0 Å². The molecule has 6 heteroatoms. The molecule has 0 bridgehead atoms. The number of carbonyl (C=O) groups is 1. The van der Waals surface area contributed by atoms with Gasteiger partial charge in [-0.15, -0.1) is 11.8 Å². The molecule has 0 N–H and O–H groups in total. The summed E-state index contributed by atoms with van der Waals surface area (Å²) in [6.07, 6.45) is 0. The summed E-state index contributed by atoms with van der Waals surface area (Å²) in [6, 6.07) is 12.1. The summed E-state index contributed by atoms with van der Waals surface area (Å²) in [7, 11) is 0. The van der Waals surface area contributed by atoms with Crippen molar-refractivity contribution >= 4 is 23.4 Å². The van der Waals surface area contributed by atoms with E-state index in [9.17, 15) is 14.9 Å². The number of hydrogen-bond donors (Lipinski definition) is 0. The van der Waals surface area contributed by atoms with Gasteiger partial charge in [0.05, 0.1) is 10.7 Å². The number of esters is 1. The SMILES string of the molecule is Cc1ccc(SCC(=O)Oc2ccc([N+](=O)[O-])c(C)c2)cc1. The Kier molecular flexibility index (Phi) is 5.16. The van der Waals surface area contributed by atoms with Crippen molar-refractivity contribution in [3.63, 3.8) is 0 Å². The van der Waals surface area contributed by atoms with E-state index in [0.29, 0.717) is 11.3 Å². The van der Waals surface area contributed by atoms with Crippen molar-refractivity contribution in [3.8, 4) is 5.75 Å². The summed E-state index contributed by atoms with van der Waals surface area (Å²) in [5, 5.41) is 10.7. The molecule has 2 aromatic rings. The molecule has 0 fully saturated rings. The fraction of sp³-hybridized carbons (Fsp3) is 0.188. The Labute approximate surface area is 132 Å². The summed E-state index contributed by atoms with van der Waals surface area (Å²) < 4.78 is 5.19. The molecule has 114 valence electrons. The molecule has 22 heavy (non-hydrogen) atoms. The van der Waals surface area contributed by atoms with Crippen LogP contribution in [0.1, 0.15) is 11.1 Å². The lowest BCUT2D eigenvalue weighted by Gasteiger charge is -2.06. The summed E-state index contributed by atoms with van der Waals surface area (Å²) in [6.45, 7) is 3.61. The van der Waals surface area contributed by atoms with Crippen molar-refractivity contribution in [1.82, 2.24) is 0 Å². The third kappa shape index (κ3) is 4.33. The third-order valence-electron chi connectivity index (χ3n) is 2.97. The smallest absolute Gasteiger partial charge is 0.321 e. The van der Waals surface area contributed by atoms with Crippen LogP contribution in [0, 0.1) is 24.0 Å². The predicted octanol–water partition coefficient (Wildman–Crippen LogP) is 3.91. The molecule has 0 saturated carbocycles. The van der Waals surface area contributed by atoms with Crippen molar-refractivity contribution in [2.75, 3.05) is 5.75 Å². The zero-order valence-electron chi connectivity index (χ0n) is 12.2. The van der Waals surface area contributed by atoms with E-state index in [2.05, 4.69) is 0 Å². The highest BCUT2D eigenvalue weighted by Crippen LogP contribution is 2.24. The molecule has 0 saturated heterocycles. The number of carbonyl (C=O) groups excluding carboxylic acids is 1. The van der Waals surface area contributed by atoms with Gasteiger partial charge in [-0.05, 0) is 38.1 Å². The minimum atomic E-state index is -0.464. The van der Waals surface area contributed by atoms with Gasteiger partial charge in [0, 0.05) is 16.5 Å². The lowest BCUT2D eigenvalue weighted by Crippen LogP contribution is -2.10. The first-order valence-corrected chi connectivity index (χ1v) is 7.59. The molecule has 0 aliphatic carbocycles. The number of benzene rings is 2. The number of hydrogen-bond acceptors (Lipinski definition) is 5. The summed E-state index contributed by atoms with van der Waals surface area (Å²) >= 11 is 1.39. The molecule has 2 aromatic carbocycles. The first-order chi connectivity index (χ1) is 10.5. The third-order valence-corrected chi connectivity index (χ3v) is 3.96. The van der Waals surface area contributed by atoms with Gasteiger partial charge in [-0.2, -0.15) is 0 Å². The number of aryl methyl sites for hydroxylation is 2. The van der Waals surface area contributed by atoms with Crippen molar-refractivity contribution in [3.05, 3.63) is 63.7 Å². The molecule has 0 aliphatic heterocycles. The monoisotopic (exact) mass is 317 g/mol. The van der Waals surface area contributed by atoms with Crippen molar-refractivity contribution in [2.45, 2.75) is 18.7 Å². The van der Waals surface area contributed by atoms with E-state index in [1.807, 2.05) is 31.2 Å². The van der Waals surface area contributed by atoms with Crippen LogP contribution in [0.4, 0.5) is 5.69 Å². The largest absolute Gasteiger partial charge is 0.426 e. The Morgan fingerprint density at radius 2 is 1.86 bits per heavy atom. The summed E-state index contributed by atoms with van der Waals surface area (Å²) in [4.78, 5) is 23.1. The van der Waals surface area contributed by atoms with Gasteiger partial charge in [0.1, 0.15) is 5.75 Å². The topological polar surface area (TPSA) is 69.4 Å². The molecule has 2 rings (SSSR count). The van der Waals surface area contributed by atoms with E-state index in [1.165, 1.54) is 30.0 Å². The van der Waals surface area contributed by atoms with E-state index < -0.39 is 4.92 Å². The summed E-state index contributed by atoms with van der Waals surface area (Å²) in [5.74, 6) is 0.107. The van der Waals surface area contributed by atoms with Gasteiger partial charge in [0.15, 0.2) is 0 Å². The number of nitrogens with zero attached hydrogens (tertiary/aromatic N) is 1. The van der Waals surface area contributed by atoms with Crippen LogP contribution in [0.3, 0.4) is 0 Å². The molecular weight excluding hydrogens is 302 g/mol. The molecule has 0 amide bonds. The van der Waals surface area contributed by atoms with Crippen LogP contribution < -0.4 is 4.74 Å². The number of nitro groups is 1. The molecule has 5 nitrogen and oxygen atoms in total. The molecule has 0 atom stereocenters. The average Bonchev–Trinajstić information content (AvgIpc) is 2.46. The molecule has 0 unspecified atom stereocenters. The van der Waals surface area contributed by atoms with Crippen LogP contribution in [0.15, 0.2) is 47.4 Å². The van der Waals surface area contributed by atoms with E-state index in [0.717, 1.165) is 10.5 Å². The second-order valence-electron chi connectivity index (χ2n) is 4.78. The zero-order valence-corrected chi connectivity index (χ0v) is 13.1. The Bertz CT molecular complexity index is 698. The molecule has 0 aliphatic rings. The molecule has 0 spiro atoms. The maximum Gasteiger partial charge on any atom is 0.321 e. The second kappa shape index (κ2) is 7.09. The normalized spacial score (nSPS) is 10.3. The van der Waals surface area contributed by atoms with E-state index in [1.54, 1.807) is 6.92 Å². The zero-order chi connectivity index (χ0) is 16.1. The Hall–Kier alpha value is -2.34. The van der Waals surface area contributed by atoms with E-state index in [4.69, 9.17) is 4.74 Å². The second-order valence-corrected chi connectivity index (χ2v) is 5.83. The highest BCUT2D eigenvalue weighted by molar-refractivity contribution is 8.00.